The number of carbonyl (C=O) groups excluding carboxylic acids is 1. The SMILES string of the molecule is CCCSC1=N/C(=C\c2cc([N+](=O)[O-])ccc2OC)C(=O)S1. The van der Waals surface area contributed by atoms with Crippen molar-refractivity contribution < 1.29 is 14.5 Å². The molecule has 0 bridgehead atoms. The Balaban J connectivity index is 2.35. The normalized spacial score (nSPS) is 16.0. The molecule has 0 saturated heterocycles. The molecule has 0 fully saturated rings. The summed E-state index contributed by atoms with van der Waals surface area (Å²) in [6.07, 6.45) is 2.52. The van der Waals surface area contributed by atoms with Crippen molar-refractivity contribution in [2.45, 2.75) is 13.3 Å². The molecule has 0 saturated carbocycles. The third-order valence-corrected chi connectivity index (χ3v) is 4.96. The highest BCUT2D eigenvalue weighted by atomic mass is 32.2. The highest BCUT2D eigenvalue weighted by Crippen LogP contribution is 2.33. The van der Waals surface area contributed by atoms with Crippen LogP contribution in [-0.4, -0.2) is 27.3 Å². The van der Waals surface area contributed by atoms with E-state index in [1.165, 1.54) is 43.1 Å². The van der Waals surface area contributed by atoms with Crippen LogP contribution in [0.1, 0.15) is 18.9 Å². The lowest BCUT2D eigenvalue weighted by Crippen LogP contribution is -1.94. The van der Waals surface area contributed by atoms with E-state index >= 15 is 0 Å². The van der Waals surface area contributed by atoms with E-state index in [0.29, 0.717) is 15.7 Å². The second-order valence-corrected chi connectivity index (χ2v) is 6.63. The lowest BCUT2D eigenvalue weighted by atomic mass is 10.1. The topological polar surface area (TPSA) is 81.8 Å². The molecule has 116 valence electrons. The average Bonchev–Trinajstić information content (AvgIpc) is 2.85. The minimum Gasteiger partial charge on any atom is -0.496 e. The van der Waals surface area contributed by atoms with Crippen molar-refractivity contribution in [1.82, 2.24) is 0 Å². The quantitative estimate of drug-likeness (QED) is 0.462. The summed E-state index contributed by atoms with van der Waals surface area (Å²) >= 11 is 2.62. The molecule has 0 radical (unpaired) electrons. The predicted molar refractivity (Wildman–Crippen MR) is 90.4 cm³/mol. The number of aliphatic imine (C=N–C) groups is 1. The van der Waals surface area contributed by atoms with Gasteiger partial charge in [0, 0.05) is 17.7 Å². The number of hydrogen-bond acceptors (Lipinski definition) is 7. The Morgan fingerprint density at radius 1 is 1.50 bits per heavy atom. The van der Waals surface area contributed by atoms with Crippen LogP contribution < -0.4 is 4.74 Å². The number of nitro groups is 1. The first-order chi connectivity index (χ1) is 10.5. The molecule has 0 aliphatic carbocycles. The first-order valence-electron chi connectivity index (χ1n) is 6.53. The van der Waals surface area contributed by atoms with E-state index in [9.17, 15) is 14.9 Å². The molecule has 0 N–H and O–H groups in total. The van der Waals surface area contributed by atoms with Crippen LogP contribution >= 0.6 is 23.5 Å². The third kappa shape index (κ3) is 3.89. The number of rotatable bonds is 5. The fourth-order valence-electron chi connectivity index (χ4n) is 1.74. The number of ether oxygens (including phenoxy) is 1. The third-order valence-electron chi connectivity index (χ3n) is 2.75. The summed E-state index contributed by atoms with van der Waals surface area (Å²) in [4.78, 5) is 26.6. The lowest BCUT2D eigenvalue weighted by molar-refractivity contribution is -0.384. The molecule has 0 spiro atoms. The van der Waals surface area contributed by atoms with Gasteiger partial charge in [-0.25, -0.2) is 4.99 Å². The van der Waals surface area contributed by atoms with Gasteiger partial charge < -0.3 is 4.74 Å². The average molecular weight is 338 g/mol. The molecule has 1 aromatic rings. The van der Waals surface area contributed by atoms with Gasteiger partial charge in [0.1, 0.15) is 15.8 Å². The van der Waals surface area contributed by atoms with Gasteiger partial charge in [-0.3, -0.25) is 14.9 Å². The van der Waals surface area contributed by atoms with E-state index in [0.717, 1.165) is 23.9 Å². The molecule has 1 aliphatic rings. The predicted octanol–water partition coefficient (Wildman–Crippen LogP) is 3.72. The number of methoxy groups -OCH3 is 1. The van der Waals surface area contributed by atoms with Crippen LogP contribution in [0.25, 0.3) is 6.08 Å². The van der Waals surface area contributed by atoms with Crippen LogP contribution in [0.15, 0.2) is 28.9 Å². The minimum absolute atomic E-state index is 0.0599. The molecule has 6 nitrogen and oxygen atoms in total. The molecule has 1 aromatic carbocycles. The van der Waals surface area contributed by atoms with Crippen LogP contribution in [0.3, 0.4) is 0 Å². The summed E-state index contributed by atoms with van der Waals surface area (Å²) in [6.45, 7) is 2.06. The Bertz CT molecular complexity index is 671. The van der Waals surface area contributed by atoms with E-state index in [1.54, 1.807) is 0 Å². The zero-order valence-corrected chi connectivity index (χ0v) is 13.7. The number of nitrogens with zero attached hydrogens (tertiary/aromatic N) is 2. The van der Waals surface area contributed by atoms with Gasteiger partial charge in [0.15, 0.2) is 0 Å². The molecule has 0 aromatic heterocycles. The molecule has 1 heterocycles. The van der Waals surface area contributed by atoms with Gasteiger partial charge in [-0.2, -0.15) is 0 Å². The van der Waals surface area contributed by atoms with E-state index < -0.39 is 4.92 Å². The summed E-state index contributed by atoms with van der Waals surface area (Å²) in [6, 6.07) is 4.24. The fourth-order valence-corrected chi connectivity index (χ4v) is 3.50. The van der Waals surface area contributed by atoms with Crippen LogP contribution in [0.2, 0.25) is 0 Å². The molecule has 1 aliphatic heterocycles. The summed E-state index contributed by atoms with van der Waals surface area (Å²) < 4.78 is 5.89. The number of thioether (sulfide) groups is 2. The number of nitro benzene ring substituents is 1. The molecule has 0 atom stereocenters. The van der Waals surface area contributed by atoms with Crippen LogP contribution in [0, 0.1) is 10.1 Å². The Kier molecular flexibility index (Phi) is 5.62. The van der Waals surface area contributed by atoms with Crippen molar-refractivity contribution in [3.8, 4) is 5.75 Å². The van der Waals surface area contributed by atoms with Crippen molar-refractivity contribution in [1.29, 1.82) is 0 Å². The van der Waals surface area contributed by atoms with Crippen molar-refractivity contribution in [3.05, 3.63) is 39.6 Å². The van der Waals surface area contributed by atoms with Gasteiger partial charge in [-0.15, -0.1) is 0 Å². The van der Waals surface area contributed by atoms with Crippen molar-refractivity contribution in [2.24, 2.45) is 4.99 Å². The van der Waals surface area contributed by atoms with Gasteiger partial charge in [-0.1, -0.05) is 18.7 Å². The van der Waals surface area contributed by atoms with Crippen molar-refractivity contribution >= 4 is 44.8 Å². The molecule has 2 rings (SSSR count). The van der Waals surface area contributed by atoms with Crippen LogP contribution in [-0.2, 0) is 4.79 Å². The highest BCUT2D eigenvalue weighted by Gasteiger charge is 2.23. The second-order valence-electron chi connectivity index (χ2n) is 4.33. The summed E-state index contributed by atoms with van der Waals surface area (Å²) in [5.41, 5.74) is 0.684. The summed E-state index contributed by atoms with van der Waals surface area (Å²) in [5, 5.41) is 10.7. The number of hydrogen-bond donors (Lipinski definition) is 0. The maximum atomic E-state index is 12.0. The van der Waals surface area contributed by atoms with E-state index in [2.05, 4.69) is 11.9 Å². The smallest absolute Gasteiger partial charge is 0.270 e. The second kappa shape index (κ2) is 7.46. The van der Waals surface area contributed by atoms with Gasteiger partial charge >= 0.3 is 0 Å². The van der Waals surface area contributed by atoms with Gasteiger partial charge in [-0.05, 0) is 36.1 Å². The van der Waals surface area contributed by atoms with Gasteiger partial charge in [0.2, 0.25) is 5.12 Å². The van der Waals surface area contributed by atoms with Gasteiger partial charge in [0.05, 0.1) is 12.0 Å². The fraction of sp³-hybridized carbons (Fsp3) is 0.286. The maximum absolute atomic E-state index is 12.0. The first kappa shape index (κ1) is 16.6. The van der Waals surface area contributed by atoms with E-state index in [-0.39, 0.29) is 16.5 Å². The number of carbonyl (C=O) groups is 1. The van der Waals surface area contributed by atoms with E-state index in [1.807, 2.05) is 0 Å². The Hall–Kier alpha value is -1.80. The molecule has 0 unspecified atom stereocenters. The van der Waals surface area contributed by atoms with Crippen molar-refractivity contribution in [2.75, 3.05) is 12.9 Å². The summed E-state index contributed by atoms with van der Waals surface area (Å²) in [5.74, 6) is 1.35. The zero-order valence-electron chi connectivity index (χ0n) is 12.1. The summed E-state index contributed by atoms with van der Waals surface area (Å²) in [7, 11) is 1.47. The number of non-ortho nitro benzene ring substituents is 1. The van der Waals surface area contributed by atoms with Crippen LogP contribution in [0.5, 0.6) is 5.75 Å². The zero-order chi connectivity index (χ0) is 16.1. The van der Waals surface area contributed by atoms with Crippen molar-refractivity contribution in [3.63, 3.8) is 0 Å². The molecular weight excluding hydrogens is 324 g/mol. The monoisotopic (exact) mass is 338 g/mol. The lowest BCUT2D eigenvalue weighted by Gasteiger charge is -2.04. The largest absolute Gasteiger partial charge is 0.496 e. The standard InChI is InChI=1S/C14H14N2O4S2/c1-3-6-21-14-15-11(13(17)22-14)8-9-7-10(16(18)19)4-5-12(9)20-2/h4-5,7-8H,3,6H2,1-2H3/b11-8-. The minimum atomic E-state index is -0.488. The Morgan fingerprint density at radius 2 is 2.27 bits per heavy atom. The van der Waals surface area contributed by atoms with Crippen LogP contribution in [0.4, 0.5) is 5.69 Å². The Morgan fingerprint density at radius 3 is 2.91 bits per heavy atom. The Labute approximate surface area is 136 Å². The number of benzene rings is 1. The molecule has 22 heavy (non-hydrogen) atoms. The highest BCUT2D eigenvalue weighted by molar-refractivity contribution is 8.45. The van der Waals surface area contributed by atoms with E-state index in [4.69, 9.17) is 4.74 Å². The molecule has 0 amide bonds. The molecule has 8 heteroatoms. The first-order valence-corrected chi connectivity index (χ1v) is 8.33. The molecular formula is C14H14N2O4S2. The van der Waals surface area contributed by atoms with Gasteiger partial charge in [0.25, 0.3) is 5.69 Å². The maximum Gasteiger partial charge on any atom is 0.270 e.